The van der Waals surface area contributed by atoms with Crippen LogP contribution in [0, 0.1) is 0 Å². The minimum atomic E-state index is -0.418. The highest BCUT2D eigenvalue weighted by molar-refractivity contribution is 8.18. The van der Waals surface area contributed by atoms with Crippen LogP contribution >= 0.6 is 11.8 Å². The monoisotopic (exact) mass is 473 g/mol. The van der Waals surface area contributed by atoms with Crippen LogP contribution in [0.25, 0.3) is 6.08 Å². The number of benzene rings is 2. The summed E-state index contributed by atoms with van der Waals surface area (Å²) < 4.78 is 5.98. The second-order valence-corrected chi connectivity index (χ2v) is 8.88. The van der Waals surface area contributed by atoms with E-state index >= 15 is 0 Å². The summed E-state index contributed by atoms with van der Waals surface area (Å²) in [5.74, 6) is 0.541. The van der Waals surface area contributed by atoms with E-state index in [1.54, 1.807) is 12.1 Å². The normalized spacial score (nSPS) is 17.2. The Morgan fingerprint density at radius 2 is 1.59 bits per heavy atom. The molecule has 34 heavy (non-hydrogen) atoms. The summed E-state index contributed by atoms with van der Waals surface area (Å²) in [4.78, 5) is 37.7. The molecule has 3 heterocycles. The summed E-state index contributed by atoms with van der Waals surface area (Å²) in [5, 5.41) is 1.89. The molecule has 0 bridgehead atoms. The van der Waals surface area contributed by atoms with Crippen molar-refractivity contribution in [1.82, 2.24) is 15.3 Å². The number of para-hydroxylation sites is 1. The Balaban J connectivity index is 1.37. The van der Waals surface area contributed by atoms with Gasteiger partial charge in [-0.2, -0.15) is 4.98 Å². The first-order chi connectivity index (χ1) is 16.6. The number of piperazine rings is 1. The standard InChI is InChI=1S/C25H23N5O3S/c31-23-21(34-25(32)28-23)15-19-16-22(33-17-18-7-3-1-4-8-18)27-24(26-19)30-13-11-29(12-14-30)20-9-5-2-6-10-20/h1-10,15-16H,11-14,17H2,(H,28,31,32)/b21-15+. The fourth-order valence-electron chi connectivity index (χ4n) is 3.81. The zero-order valence-corrected chi connectivity index (χ0v) is 19.2. The van der Waals surface area contributed by atoms with Crippen LogP contribution in [0.2, 0.25) is 0 Å². The Labute approximate surface area is 201 Å². The molecule has 3 aromatic rings. The zero-order valence-electron chi connectivity index (χ0n) is 18.4. The molecule has 8 nitrogen and oxygen atoms in total. The largest absolute Gasteiger partial charge is 0.473 e. The topological polar surface area (TPSA) is 87.7 Å². The summed E-state index contributed by atoms with van der Waals surface area (Å²) in [6.07, 6.45) is 1.60. The van der Waals surface area contributed by atoms with Gasteiger partial charge in [-0.1, -0.05) is 48.5 Å². The van der Waals surface area contributed by atoms with Gasteiger partial charge >= 0.3 is 0 Å². The summed E-state index contributed by atoms with van der Waals surface area (Å²) in [7, 11) is 0. The van der Waals surface area contributed by atoms with Crippen molar-refractivity contribution in [2.45, 2.75) is 6.61 Å². The number of imide groups is 1. The van der Waals surface area contributed by atoms with Crippen LogP contribution in [-0.4, -0.2) is 47.3 Å². The van der Waals surface area contributed by atoms with Crippen molar-refractivity contribution in [3.05, 3.63) is 82.9 Å². The van der Waals surface area contributed by atoms with Crippen molar-refractivity contribution in [2.75, 3.05) is 36.0 Å². The van der Waals surface area contributed by atoms with Crippen LogP contribution in [-0.2, 0) is 11.4 Å². The molecule has 2 amide bonds. The number of hydrogen-bond acceptors (Lipinski definition) is 8. The molecule has 0 saturated carbocycles. The number of carbonyl (C=O) groups excluding carboxylic acids is 2. The van der Waals surface area contributed by atoms with Crippen LogP contribution in [0.4, 0.5) is 16.4 Å². The molecule has 0 radical (unpaired) electrons. The first-order valence-electron chi connectivity index (χ1n) is 11.0. The van der Waals surface area contributed by atoms with Gasteiger partial charge in [0.05, 0.1) is 10.6 Å². The molecule has 172 valence electrons. The first kappa shape index (κ1) is 22.0. The number of amides is 2. The third kappa shape index (κ3) is 5.20. The minimum absolute atomic E-state index is 0.303. The lowest BCUT2D eigenvalue weighted by Crippen LogP contribution is -2.47. The molecular formula is C25H23N5O3S. The van der Waals surface area contributed by atoms with Gasteiger partial charge in [-0.15, -0.1) is 0 Å². The number of nitrogens with zero attached hydrogens (tertiary/aromatic N) is 4. The van der Waals surface area contributed by atoms with Crippen molar-refractivity contribution in [3.63, 3.8) is 0 Å². The highest BCUT2D eigenvalue weighted by atomic mass is 32.2. The Hall–Kier alpha value is -3.85. The number of hydrogen-bond donors (Lipinski definition) is 1. The highest BCUT2D eigenvalue weighted by Crippen LogP contribution is 2.27. The summed E-state index contributed by atoms with van der Waals surface area (Å²) in [6.45, 7) is 3.54. The average Bonchev–Trinajstić information content (AvgIpc) is 3.20. The molecule has 2 aliphatic rings. The van der Waals surface area contributed by atoms with E-state index in [1.807, 2.05) is 48.5 Å². The quantitative estimate of drug-likeness (QED) is 0.542. The lowest BCUT2D eigenvalue weighted by molar-refractivity contribution is -0.115. The molecule has 0 spiro atoms. The maximum atomic E-state index is 12.0. The highest BCUT2D eigenvalue weighted by Gasteiger charge is 2.26. The van der Waals surface area contributed by atoms with E-state index in [0.29, 0.717) is 29.0 Å². The molecular weight excluding hydrogens is 450 g/mol. The van der Waals surface area contributed by atoms with Crippen LogP contribution in [0.1, 0.15) is 11.3 Å². The van der Waals surface area contributed by atoms with Crippen molar-refractivity contribution in [3.8, 4) is 5.88 Å². The van der Waals surface area contributed by atoms with Gasteiger partial charge in [-0.3, -0.25) is 14.9 Å². The molecule has 0 atom stereocenters. The third-order valence-corrected chi connectivity index (χ3v) is 6.36. The maximum absolute atomic E-state index is 12.0. The molecule has 1 aromatic heterocycles. The summed E-state index contributed by atoms with van der Waals surface area (Å²) >= 11 is 0.864. The molecule has 2 aromatic carbocycles. The SMILES string of the molecule is O=C1NC(=O)/C(=C\c2cc(OCc3ccccc3)nc(N3CCN(c4ccccc4)CC3)n2)S1. The summed E-state index contributed by atoms with van der Waals surface area (Å²) in [6, 6.07) is 21.9. The summed E-state index contributed by atoms with van der Waals surface area (Å²) in [5.41, 5.74) is 2.74. The molecule has 9 heteroatoms. The molecule has 2 saturated heterocycles. The van der Waals surface area contributed by atoms with Crippen LogP contribution in [0.5, 0.6) is 5.88 Å². The van der Waals surface area contributed by atoms with E-state index in [0.717, 1.165) is 43.5 Å². The van der Waals surface area contributed by atoms with Gasteiger partial charge in [-0.25, -0.2) is 4.98 Å². The maximum Gasteiger partial charge on any atom is 0.290 e. The number of ether oxygens (including phenoxy) is 1. The Morgan fingerprint density at radius 3 is 2.26 bits per heavy atom. The predicted molar refractivity (Wildman–Crippen MR) is 133 cm³/mol. The molecule has 1 N–H and O–H groups in total. The lowest BCUT2D eigenvalue weighted by atomic mass is 10.2. The average molecular weight is 474 g/mol. The van der Waals surface area contributed by atoms with Gasteiger partial charge in [0.15, 0.2) is 0 Å². The molecule has 0 aliphatic carbocycles. The second kappa shape index (κ2) is 9.96. The Kier molecular flexibility index (Phi) is 6.44. The van der Waals surface area contributed by atoms with E-state index in [2.05, 4.69) is 37.2 Å². The molecule has 5 rings (SSSR count). The van der Waals surface area contributed by atoms with E-state index in [9.17, 15) is 9.59 Å². The lowest BCUT2D eigenvalue weighted by Gasteiger charge is -2.36. The number of thioether (sulfide) groups is 1. The Bertz CT molecular complexity index is 1210. The van der Waals surface area contributed by atoms with E-state index in [1.165, 1.54) is 5.69 Å². The molecule has 2 aliphatic heterocycles. The van der Waals surface area contributed by atoms with Gasteiger partial charge in [0, 0.05) is 37.9 Å². The predicted octanol–water partition coefficient (Wildman–Crippen LogP) is 3.71. The smallest absolute Gasteiger partial charge is 0.290 e. The molecule has 2 fully saturated rings. The van der Waals surface area contributed by atoms with E-state index < -0.39 is 5.91 Å². The van der Waals surface area contributed by atoms with Gasteiger partial charge in [0.1, 0.15) is 6.61 Å². The van der Waals surface area contributed by atoms with Crippen LogP contribution in [0.3, 0.4) is 0 Å². The van der Waals surface area contributed by atoms with Crippen molar-refractivity contribution in [2.24, 2.45) is 0 Å². The van der Waals surface area contributed by atoms with Crippen LogP contribution in [0.15, 0.2) is 71.6 Å². The van der Waals surface area contributed by atoms with E-state index in [-0.39, 0.29) is 5.24 Å². The van der Waals surface area contributed by atoms with Crippen molar-refractivity contribution < 1.29 is 14.3 Å². The van der Waals surface area contributed by atoms with Crippen LogP contribution < -0.4 is 19.9 Å². The number of rotatable bonds is 6. The molecule has 0 unspecified atom stereocenters. The van der Waals surface area contributed by atoms with Gasteiger partial charge < -0.3 is 14.5 Å². The van der Waals surface area contributed by atoms with Gasteiger partial charge in [0.25, 0.3) is 11.1 Å². The number of anilines is 2. The van der Waals surface area contributed by atoms with Gasteiger partial charge in [-0.05, 0) is 35.5 Å². The number of carbonyl (C=O) groups is 2. The van der Waals surface area contributed by atoms with Crippen molar-refractivity contribution >= 4 is 40.6 Å². The number of aromatic nitrogens is 2. The zero-order chi connectivity index (χ0) is 23.3. The number of nitrogens with one attached hydrogen (secondary N) is 1. The van der Waals surface area contributed by atoms with Crippen molar-refractivity contribution in [1.29, 1.82) is 0 Å². The first-order valence-corrected chi connectivity index (χ1v) is 11.8. The van der Waals surface area contributed by atoms with E-state index in [4.69, 9.17) is 4.74 Å². The minimum Gasteiger partial charge on any atom is -0.473 e. The fourth-order valence-corrected chi connectivity index (χ4v) is 4.48. The fraction of sp³-hybridized carbons (Fsp3) is 0.200. The third-order valence-electron chi connectivity index (χ3n) is 5.55. The Morgan fingerprint density at radius 1 is 0.912 bits per heavy atom. The second-order valence-electron chi connectivity index (χ2n) is 7.87. The van der Waals surface area contributed by atoms with Gasteiger partial charge in [0.2, 0.25) is 11.8 Å².